The first-order valence-electron chi connectivity index (χ1n) is 8.59. The van der Waals surface area contributed by atoms with E-state index in [9.17, 15) is 19.2 Å². The number of hydrogen-bond acceptors (Lipinski definition) is 6. The van der Waals surface area contributed by atoms with E-state index in [0.29, 0.717) is 23.7 Å². The third-order valence-electron chi connectivity index (χ3n) is 4.43. The van der Waals surface area contributed by atoms with E-state index < -0.39 is 30.3 Å². The first kappa shape index (κ1) is 18.8. The standard InChI is InChI=1S/C18H21N3O6/c1-11-8-19(9-12(2)27-11)15(22)10-20-16(23)17(24)21(18(20)25)13-5-4-6-14(7-13)26-3/h4-7,11-12H,8-10H2,1-3H3/t11-,12-/m0/s1. The van der Waals surface area contributed by atoms with E-state index in [0.717, 1.165) is 4.90 Å². The number of carbonyl (C=O) groups is 4. The Balaban J connectivity index is 1.77. The van der Waals surface area contributed by atoms with Gasteiger partial charge in [0.25, 0.3) is 0 Å². The maximum absolute atomic E-state index is 12.6. The van der Waals surface area contributed by atoms with E-state index in [1.165, 1.54) is 24.1 Å². The van der Waals surface area contributed by atoms with Gasteiger partial charge in [0.1, 0.15) is 12.3 Å². The van der Waals surface area contributed by atoms with Crippen molar-refractivity contribution in [3.63, 3.8) is 0 Å². The summed E-state index contributed by atoms with van der Waals surface area (Å²) in [6, 6.07) is 5.39. The second-order valence-electron chi connectivity index (χ2n) is 6.57. The van der Waals surface area contributed by atoms with Crippen LogP contribution in [0.25, 0.3) is 0 Å². The van der Waals surface area contributed by atoms with E-state index in [1.807, 2.05) is 13.8 Å². The largest absolute Gasteiger partial charge is 0.497 e. The summed E-state index contributed by atoms with van der Waals surface area (Å²) in [4.78, 5) is 52.8. The van der Waals surface area contributed by atoms with Gasteiger partial charge in [0.15, 0.2) is 0 Å². The van der Waals surface area contributed by atoms with Crippen LogP contribution in [0.4, 0.5) is 10.5 Å². The van der Waals surface area contributed by atoms with Crippen LogP contribution in [-0.2, 0) is 19.1 Å². The third-order valence-corrected chi connectivity index (χ3v) is 4.43. The Hall–Kier alpha value is -2.94. The highest BCUT2D eigenvalue weighted by Gasteiger charge is 2.46. The lowest BCUT2D eigenvalue weighted by Crippen LogP contribution is -2.51. The molecule has 2 fully saturated rings. The summed E-state index contributed by atoms with van der Waals surface area (Å²) in [5, 5.41) is 0. The lowest BCUT2D eigenvalue weighted by molar-refractivity contribution is -0.147. The van der Waals surface area contributed by atoms with Gasteiger partial charge in [0, 0.05) is 19.2 Å². The first-order valence-corrected chi connectivity index (χ1v) is 8.59. The van der Waals surface area contributed by atoms with Gasteiger partial charge in [-0.15, -0.1) is 0 Å². The molecule has 2 atom stereocenters. The highest BCUT2D eigenvalue weighted by Crippen LogP contribution is 2.26. The van der Waals surface area contributed by atoms with Gasteiger partial charge in [-0.1, -0.05) is 6.07 Å². The summed E-state index contributed by atoms with van der Waals surface area (Å²) >= 11 is 0. The van der Waals surface area contributed by atoms with E-state index in [4.69, 9.17) is 9.47 Å². The van der Waals surface area contributed by atoms with Crippen LogP contribution in [0.5, 0.6) is 5.75 Å². The molecule has 0 spiro atoms. The van der Waals surface area contributed by atoms with E-state index in [2.05, 4.69) is 0 Å². The number of hydrogen-bond donors (Lipinski definition) is 0. The summed E-state index contributed by atoms with van der Waals surface area (Å²) in [5.41, 5.74) is 0.210. The van der Waals surface area contributed by atoms with Crippen LogP contribution in [0.1, 0.15) is 13.8 Å². The Labute approximate surface area is 156 Å². The highest BCUT2D eigenvalue weighted by atomic mass is 16.5. The number of anilines is 1. The van der Waals surface area contributed by atoms with Crippen molar-refractivity contribution in [1.82, 2.24) is 9.80 Å². The molecule has 3 rings (SSSR count). The molecule has 0 bridgehead atoms. The zero-order valence-corrected chi connectivity index (χ0v) is 15.4. The van der Waals surface area contributed by atoms with Crippen LogP contribution >= 0.6 is 0 Å². The number of urea groups is 1. The highest BCUT2D eigenvalue weighted by molar-refractivity contribution is 6.53. The van der Waals surface area contributed by atoms with Gasteiger partial charge in [0.05, 0.1) is 25.0 Å². The summed E-state index contributed by atoms with van der Waals surface area (Å²) in [6.45, 7) is 3.94. The molecule has 1 aromatic rings. The maximum Gasteiger partial charge on any atom is 0.339 e. The fourth-order valence-corrected chi connectivity index (χ4v) is 3.24. The predicted molar refractivity (Wildman–Crippen MR) is 94.2 cm³/mol. The third kappa shape index (κ3) is 3.63. The van der Waals surface area contributed by atoms with E-state index >= 15 is 0 Å². The van der Waals surface area contributed by atoms with Crippen molar-refractivity contribution in [2.24, 2.45) is 0 Å². The molecule has 144 valence electrons. The molecule has 9 heteroatoms. The molecule has 0 saturated carbocycles. The van der Waals surface area contributed by atoms with Crippen LogP contribution in [0.3, 0.4) is 0 Å². The number of nitrogens with zero attached hydrogens (tertiary/aromatic N) is 3. The normalized spacial score (nSPS) is 23.2. The Morgan fingerprint density at radius 3 is 2.44 bits per heavy atom. The molecule has 2 saturated heterocycles. The minimum Gasteiger partial charge on any atom is -0.497 e. The minimum atomic E-state index is -1.02. The molecule has 0 unspecified atom stereocenters. The molecule has 1 aromatic carbocycles. The van der Waals surface area contributed by atoms with Gasteiger partial charge in [-0.3, -0.25) is 14.4 Å². The lowest BCUT2D eigenvalue weighted by atomic mass is 10.2. The first-order chi connectivity index (χ1) is 12.8. The molecule has 2 aliphatic heterocycles. The number of methoxy groups -OCH3 is 1. The molecular weight excluding hydrogens is 354 g/mol. The summed E-state index contributed by atoms with van der Waals surface area (Å²) in [5.74, 6) is -1.99. The van der Waals surface area contributed by atoms with Gasteiger partial charge >= 0.3 is 17.8 Å². The summed E-state index contributed by atoms with van der Waals surface area (Å²) < 4.78 is 10.7. The van der Waals surface area contributed by atoms with Crippen LogP contribution in [0, 0.1) is 0 Å². The lowest BCUT2D eigenvalue weighted by Gasteiger charge is -2.35. The van der Waals surface area contributed by atoms with Crippen LogP contribution in [0.15, 0.2) is 24.3 Å². The average molecular weight is 375 g/mol. The Kier molecular flexibility index (Phi) is 5.13. The van der Waals surface area contributed by atoms with Crippen LogP contribution in [-0.4, -0.2) is 72.5 Å². The number of rotatable bonds is 4. The van der Waals surface area contributed by atoms with Crippen molar-refractivity contribution in [2.75, 3.05) is 31.6 Å². The smallest absolute Gasteiger partial charge is 0.339 e. The van der Waals surface area contributed by atoms with Crippen molar-refractivity contribution < 1.29 is 28.7 Å². The molecule has 5 amide bonds. The minimum absolute atomic E-state index is 0.141. The molecular formula is C18H21N3O6. The average Bonchev–Trinajstić information content (AvgIpc) is 2.84. The number of carbonyl (C=O) groups excluding carboxylic acids is 4. The fraction of sp³-hybridized carbons (Fsp3) is 0.444. The summed E-state index contributed by atoms with van der Waals surface area (Å²) in [7, 11) is 1.45. The molecule has 2 heterocycles. The molecule has 0 aliphatic carbocycles. The number of benzene rings is 1. The fourth-order valence-electron chi connectivity index (χ4n) is 3.24. The molecule has 27 heavy (non-hydrogen) atoms. The quantitative estimate of drug-likeness (QED) is 0.566. The van der Waals surface area contributed by atoms with Crippen molar-refractivity contribution in [3.05, 3.63) is 24.3 Å². The van der Waals surface area contributed by atoms with Gasteiger partial charge < -0.3 is 14.4 Å². The van der Waals surface area contributed by atoms with Crippen molar-refractivity contribution in [1.29, 1.82) is 0 Å². The number of morpholine rings is 1. The number of ether oxygens (including phenoxy) is 2. The van der Waals surface area contributed by atoms with Crippen molar-refractivity contribution >= 4 is 29.4 Å². The Morgan fingerprint density at radius 1 is 1.15 bits per heavy atom. The van der Waals surface area contributed by atoms with Crippen molar-refractivity contribution in [3.8, 4) is 5.75 Å². The predicted octanol–water partition coefficient (Wildman–Crippen LogP) is 0.626. The second-order valence-corrected chi connectivity index (χ2v) is 6.57. The topological polar surface area (TPSA) is 96.5 Å². The van der Waals surface area contributed by atoms with E-state index in [-0.39, 0.29) is 17.9 Å². The molecule has 0 radical (unpaired) electrons. The molecule has 9 nitrogen and oxygen atoms in total. The monoisotopic (exact) mass is 375 g/mol. The Bertz CT molecular complexity index is 785. The van der Waals surface area contributed by atoms with Crippen LogP contribution in [0.2, 0.25) is 0 Å². The van der Waals surface area contributed by atoms with Crippen molar-refractivity contribution in [2.45, 2.75) is 26.1 Å². The van der Waals surface area contributed by atoms with Gasteiger partial charge in [-0.05, 0) is 26.0 Å². The second kappa shape index (κ2) is 7.36. The summed E-state index contributed by atoms with van der Waals surface area (Å²) in [6.07, 6.45) is -0.282. The molecule has 2 aliphatic rings. The van der Waals surface area contributed by atoms with Gasteiger partial charge in [0.2, 0.25) is 5.91 Å². The van der Waals surface area contributed by atoms with Crippen LogP contribution < -0.4 is 9.64 Å². The maximum atomic E-state index is 12.6. The Morgan fingerprint density at radius 2 is 1.81 bits per heavy atom. The zero-order valence-electron chi connectivity index (χ0n) is 15.4. The number of amides is 5. The molecule has 0 aromatic heterocycles. The number of imide groups is 2. The SMILES string of the molecule is COc1cccc(N2C(=O)C(=O)N(CC(=O)N3C[C@H](C)O[C@@H](C)C3)C2=O)c1. The molecule has 0 N–H and O–H groups in total. The zero-order chi connectivity index (χ0) is 19.7. The van der Waals surface area contributed by atoms with Gasteiger partial charge in [-0.2, -0.15) is 0 Å². The van der Waals surface area contributed by atoms with E-state index in [1.54, 1.807) is 12.1 Å². The van der Waals surface area contributed by atoms with Gasteiger partial charge in [-0.25, -0.2) is 14.6 Å².